The highest BCUT2D eigenvalue weighted by molar-refractivity contribution is 5.42. The fourth-order valence-corrected chi connectivity index (χ4v) is 1.32. The molecule has 1 aromatic rings. The minimum atomic E-state index is 0.487. The third kappa shape index (κ3) is 4.33. The summed E-state index contributed by atoms with van der Waals surface area (Å²) in [7, 11) is 0. The molecule has 0 aliphatic heterocycles. The van der Waals surface area contributed by atoms with Gasteiger partial charge in [-0.2, -0.15) is 10.1 Å². The van der Waals surface area contributed by atoms with Crippen LogP contribution in [0.15, 0.2) is 24.3 Å². The molecule has 3 nitrogen and oxygen atoms in total. The van der Waals surface area contributed by atoms with Crippen LogP contribution in [0.4, 0.5) is 0 Å². The highest BCUT2D eigenvalue weighted by Crippen LogP contribution is 2.16. The number of hydrogen-bond donors (Lipinski definition) is 0. The average molecular weight is 219 g/mol. The van der Waals surface area contributed by atoms with Crippen molar-refractivity contribution < 1.29 is 9.78 Å². The van der Waals surface area contributed by atoms with Crippen LogP contribution in [0.25, 0.3) is 0 Å². The maximum Gasteiger partial charge on any atom is 0.183 e. The van der Waals surface area contributed by atoms with Crippen LogP contribution >= 0.6 is 0 Å². The highest BCUT2D eigenvalue weighted by Gasteiger charge is 2.01. The lowest BCUT2D eigenvalue weighted by atomic mass is 10.2. The summed E-state index contributed by atoms with van der Waals surface area (Å²) >= 11 is 0. The van der Waals surface area contributed by atoms with Crippen LogP contribution in [0, 0.1) is 11.3 Å². The predicted molar refractivity (Wildman–Crippen MR) is 61.9 cm³/mol. The Morgan fingerprint density at radius 2 is 2.00 bits per heavy atom. The molecule has 1 aromatic carbocycles. The Balaban J connectivity index is 2.24. The van der Waals surface area contributed by atoms with Crippen molar-refractivity contribution in [3.8, 4) is 11.8 Å². The molecule has 0 N–H and O–H groups in total. The minimum Gasteiger partial charge on any atom is -0.336 e. The topological polar surface area (TPSA) is 42.2 Å². The lowest BCUT2D eigenvalue weighted by Gasteiger charge is -2.05. The van der Waals surface area contributed by atoms with Gasteiger partial charge in [-0.15, -0.1) is 0 Å². The smallest absolute Gasteiger partial charge is 0.183 e. The van der Waals surface area contributed by atoms with Crippen LogP contribution in [0.3, 0.4) is 0 Å². The second-order valence-corrected chi connectivity index (χ2v) is 3.57. The highest BCUT2D eigenvalue weighted by atomic mass is 17.2. The van der Waals surface area contributed by atoms with Crippen LogP contribution in [-0.2, 0) is 4.89 Å². The molecule has 0 amide bonds. The van der Waals surface area contributed by atoms with E-state index in [4.69, 9.17) is 15.0 Å². The quantitative estimate of drug-likeness (QED) is 0.400. The average Bonchev–Trinajstić information content (AvgIpc) is 2.34. The molecule has 0 aliphatic carbocycles. The Hall–Kier alpha value is -1.53. The molecular formula is C13H17NO2. The fourth-order valence-electron chi connectivity index (χ4n) is 1.32. The molecule has 0 aromatic heterocycles. The van der Waals surface area contributed by atoms with Crippen LogP contribution < -0.4 is 4.89 Å². The molecule has 0 atom stereocenters. The summed E-state index contributed by atoms with van der Waals surface area (Å²) < 4.78 is 0. The Bertz CT molecular complexity index is 344. The van der Waals surface area contributed by atoms with Crippen molar-refractivity contribution in [2.24, 2.45) is 0 Å². The molecule has 1 rings (SSSR count). The Morgan fingerprint density at radius 3 is 2.75 bits per heavy atom. The standard InChI is InChI=1S/C13H17NO2/c1-2-3-4-7-10-15-16-13-9-6-5-8-12(13)11-14/h5-6,8-9H,2-4,7,10H2,1H3. The molecular weight excluding hydrogens is 202 g/mol. The van der Waals surface area contributed by atoms with Crippen molar-refractivity contribution in [3.05, 3.63) is 29.8 Å². The van der Waals surface area contributed by atoms with Gasteiger partial charge < -0.3 is 4.89 Å². The van der Waals surface area contributed by atoms with E-state index in [1.54, 1.807) is 18.2 Å². The molecule has 0 saturated heterocycles. The molecule has 0 radical (unpaired) electrons. The third-order valence-electron chi connectivity index (χ3n) is 2.24. The minimum absolute atomic E-state index is 0.487. The van der Waals surface area contributed by atoms with E-state index in [0.29, 0.717) is 17.9 Å². The largest absolute Gasteiger partial charge is 0.336 e. The number of nitriles is 1. The third-order valence-corrected chi connectivity index (χ3v) is 2.24. The van der Waals surface area contributed by atoms with Crippen LogP contribution in [0.5, 0.6) is 5.75 Å². The summed E-state index contributed by atoms with van der Waals surface area (Å²) in [5.41, 5.74) is 0.496. The van der Waals surface area contributed by atoms with Crippen LogP contribution in [-0.4, -0.2) is 6.61 Å². The van der Waals surface area contributed by atoms with Gasteiger partial charge in [-0.25, -0.2) is 0 Å². The molecule has 0 saturated carbocycles. The zero-order valence-electron chi connectivity index (χ0n) is 9.61. The molecule has 0 fully saturated rings. The Morgan fingerprint density at radius 1 is 1.19 bits per heavy atom. The summed E-state index contributed by atoms with van der Waals surface area (Å²) in [6.45, 7) is 2.74. The van der Waals surface area contributed by atoms with Gasteiger partial charge in [0.25, 0.3) is 0 Å². The van der Waals surface area contributed by atoms with Gasteiger partial charge in [-0.05, 0) is 18.6 Å². The number of nitrogens with zero attached hydrogens (tertiary/aromatic N) is 1. The molecule has 0 aliphatic rings. The van der Waals surface area contributed by atoms with Crippen molar-refractivity contribution in [2.45, 2.75) is 32.6 Å². The Labute approximate surface area is 96.5 Å². The van der Waals surface area contributed by atoms with E-state index in [2.05, 4.69) is 13.0 Å². The first kappa shape index (κ1) is 12.5. The van der Waals surface area contributed by atoms with E-state index >= 15 is 0 Å². The predicted octanol–water partition coefficient (Wildman–Crippen LogP) is 3.45. The molecule has 86 valence electrons. The van der Waals surface area contributed by atoms with Gasteiger partial charge in [0.1, 0.15) is 6.07 Å². The van der Waals surface area contributed by atoms with E-state index in [1.807, 2.05) is 6.07 Å². The first-order chi connectivity index (χ1) is 7.88. The number of unbranched alkanes of at least 4 members (excludes halogenated alkanes) is 3. The zero-order valence-corrected chi connectivity index (χ0v) is 9.61. The van der Waals surface area contributed by atoms with Gasteiger partial charge in [-0.3, -0.25) is 0 Å². The fraction of sp³-hybridized carbons (Fsp3) is 0.462. The second kappa shape index (κ2) is 7.72. The van der Waals surface area contributed by atoms with Gasteiger partial charge in [-0.1, -0.05) is 38.3 Å². The van der Waals surface area contributed by atoms with E-state index in [-0.39, 0.29) is 0 Å². The number of hydrogen-bond acceptors (Lipinski definition) is 3. The van der Waals surface area contributed by atoms with Gasteiger partial charge >= 0.3 is 0 Å². The van der Waals surface area contributed by atoms with E-state index in [9.17, 15) is 0 Å². The maximum absolute atomic E-state index is 8.81. The molecule has 0 heterocycles. The van der Waals surface area contributed by atoms with E-state index < -0.39 is 0 Å². The van der Waals surface area contributed by atoms with Crippen molar-refractivity contribution in [3.63, 3.8) is 0 Å². The molecule has 3 heteroatoms. The van der Waals surface area contributed by atoms with Gasteiger partial charge in [0, 0.05) is 0 Å². The van der Waals surface area contributed by atoms with Crippen molar-refractivity contribution in [1.82, 2.24) is 0 Å². The monoisotopic (exact) mass is 219 g/mol. The van der Waals surface area contributed by atoms with Crippen molar-refractivity contribution >= 4 is 0 Å². The van der Waals surface area contributed by atoms with Gasteiger partial charge in [0.2, 0.25) is 0 Å². The van der Waals surface area contributed by atoms with E-state index in [1.165, 1.54) is 12.8 Å². The summed E-state index contributed by atoms with van der Waals surface area (Å²) in [4.78, 5) is 10.1. The molecule has 0 unspecified atom stereocenters. The van der Waals surface area contributed by atoms with Crippen molar-refractivity contribution in [1.29, 1.82) is 5.26 Å². The molecule has 16 heavy (non-hydrogen) atoms. The second-order valence-electron chi connectivity index (χ2n) is 3.57. The SMILES string of the molecule is CCCCCCOOc1ccccc1C#N. The van der Waals surface area contributed by atoms with Crippen LogP contribution in [0.2, 0.25) is 0 Å². The number of rotatable bonds is 7. The van der Waals surface area contributed by atoms with Gasteiger partial charge in [0.15, 0.2) is 5.75 Å². The molecule has 0 spiro atoms. The normalized spacial score (nSPS) is 9.75. The molecule has 0 bridgehead atoms. The van der Waals surface area contributed by atoms with Crippen molar-refractivity contribution in [2.75, 3.05) is 6.61 Å². The number of para-hydroxylation sites is 1. The summed E-state index contributed by atoms with van der Waals surface area (Å²) in [6.07, 6.45) is 4.57. The summed E-state index contributed by atoms with van der Waals surface area (Å²) in [5, 5.41) is 8.81. The van der Waals surface area contributed by atoms with Crippen LogP contribution in [0.1, 0.15) is 38.2 Å². The summed E-state index contributed by atoms with van der Waals surface area (Å²) in [6, 6.07) is 9.10. The lowest BCUT2D eigenvalue weighted by molar-refractivity contribution is -0.207. The Kier molecular flexibility index (Phi) is 6.05. The first-order valence-electron chi connectivity index (χ1n) is 5.67. The summed E-state index contributed by atoms with van der Waals surface area (Å²) in [5.74, 6) is 0.487. The van der Waals surface area contributed by atoms with E-state index in [0.717, 1.165) is 12.8 Å². The van der Waals surface area contributed by atoms with Gasteiger partial charge in [0.05, 0.1) is 12.2 Å². The first-order valence-corrected chi connectivity index (χ1v) is 5.67. The zero-order chi connectivity index (χ0) is 11.6. The lowest BCUT2D eigenvalue weighted by Crippen LogP contribution is -2.00. The number of benzene rings is 1. The maximum atomic E-state index is 8.81.